The zero-order chi connectivity index (χ0) is 25.4. The lowest BCUT2D eigenvalue weighted by atomic mass is 10.0. The van der Waals surface area contributed by atoms with Gasteiger partial charge in [-0.15, -0.1) is 0 Å². The van der Waals surface area contributed by atoms with Crippen molar-refractivity contribution < 1.29 is 14.4 Å². The number of aromatic nitrogens is 3. The van der Waals surface area contributed by atoms with Crippen molar-refractivity contribution in [3.05, 3.63) is 57.5 Å². The van der Waals surface area contributed by atoms with Gasteiger partial charge in [0.2, 0.25) is 11.9 Å². The van der Waals surface area contributed by atoms with Gasteiger partial charge in [0.25, 0.3) is 11.5 Å². The van der Waals surface area contributed by atoms with Gasteiger partial charge in [0.05, 0.1) is 5.39 Å². The molecule has 11 heteroatoms. The van der Waals surface area contributed by atoms with Crippen LogP contribution in [0.15, 0.2) is 35.3 Å². The second-order valence-electron chi connectivity index (χ2n) is 9.31. The average Bonchev–Trinajstić information content (AvgIpc) is 3.21. The van der Waals surface area contributed by atoms with Crippen LogP contribution in [0.5, 0.6) is 0 Å². The van der Waals surface area contributed by atoms with Crippen LogP contribution in [0.2, 0.25) is 19.1 Å². The van der Waals surface area contributed by atoms with Crippen molar-refractivity contribution >= 4 is 37.1 Å². The van der Waals surface area contributed by atoms with Crippen molar-refractivity contribution in [2.24, 2.45) is 0 Å². The highest BCUT2D eigenvalue weighted by atomic mass is 28.4. The lowest BCUT2D eigenvalue weighted by Gasteiger charge is -2.13. The monoisotopic (exact) mass is 498 g/mol. The minimum Gasteiger partial charge on any atom is -0.432 e. The van der Waals surface area contributed by atoms with Gasteiger partial charge in [0.1, 0.15) is 5.65 Å². The van der Waals surface area contributed by atoms with Gasteiger partial charge in [0, 0.05) is 31.3 Å². The highest BCUT2D eigenvalue weighted by Gasteiger charge is 2.15. The predicted octanol–water partition coefficient (Wildman–Crippen LogP) is 1.83. The van der Waals surface area contributed by atoms with Crippen LogP contribution in [0.25, 0.3) is 11.0 Å². The van der Waals surface area contributed by atoms with E-state index in [1.165, 1.54) is 0 Å². The quantitative estimate of drug-likeness (QED) is 0.165. The van der Waals surface area contributed by atoms with Gasteiger partial charge >= 0.3 is 0 Å². The predicted molar refractivity (Wildman–Crippen MR) is 139 cm³/mol. The normalized spacial score (nSPS) is 11.5. The minimum atomic E-state index is -2.06. The maximum atomic E-state index is 12.4. The van der Waals surface area contributed by atoms with Gasteiger partial charge in [0.15, 0.2) is 8.32 Å². The Labute approximate surface area is 204 Å². The summed E-state index contributed by atoms with van der Waals surface area (Å²) in [6.45, 7) is 4.75. The number of rotatable bonds is 12. The van der Waals surface area contributed by atoms with Gasteiger partial charge in [-0.2, -0.15) is 4.98 Å². The highest BCUT2D eigenvalue weighted by molar-refractivity contribution is 6.69. The molecule has 0 saturated carbocycles. The lowest BCUT2D eigenvalue weighted by Crippen LogP contribution is -2.30. The van der Waals surface area contributed by atoms with E-state index in [0.29, 0.717) is 55.4 Å². The fraction of sp³-hybridized carbons (Fsp3) is 0.417. The molecule has 10 nitrogen and oxygen atoms in total. The Balaban J connectivity index is 1.38. The molecule has 0 atom stereocenters. The highest BCUT2D eigenvalue weighted by Crippen LogP contribution is 2.16. The molecular weight excluding hydrogens is 464 g/mol. The molecule has 0 spiro atoms. The van der Waals surface area contributed by atoms with E-state index in [1.54, 1.807) is 18.3 Å². The van der Waals surface area contributed by atoms with E-state index >= 15 is 0 Å². The number of nitrogens with one attached hydrogen (secondary N) is 4. The molecule has 188 valence electrons. The molecule has 1 aromatic carbocycles. The largest absolute Gasteiger partial charge is 0.432 e. The summed E-state index contributed by atoms with van der Waals surface area (Å²) in [6, 6.07) is 8.10. The van der Waals surface area contributed by atoms with E-state index in [2.05, 4.69) is 25.6 Å². The third-order valence-corrected chi connectivity index (χ3v) is 7.27. The molecule has 0 saturated heterocycles. The van der Waals surface area contributed by atoms with Crippen molar-refractivity contribution in [3.8, 4) is 0 Å². The van der Waals surface area contributed by atoms with E-state index < -0.39 is 8.32 Å². The number of aryl methyl sites for hydroxylation is 2. The Morgan fingerprint density at radius 2 is 1.80 bits per heavy atom. The number of carbonyl (C=O) groups is 2. The molecule has 0 bridgehead atoms. The first-order valence-electron chi connectivity index (χ1n) is 11.8. The smallest absolute Gasteiger partial charge is 0.262 e. The van der Waals surface area contributed by atoms with Crippen molar-refractivity contribution in [2.75, 3.05) is 18.8 Å². The first kappa shape index (κ1) is 26.2. The molecule has 35 heavy (non-hydrogen) atoms. The maximum Gasteiger partial charge on any atom is 0.262 e. The van der Waals surface area contributed by atoms with Gasteiger partial charge in [-0.25, -0.2) is 0 Å². The van der Waals surface area contributed by atoms with Crippen LogP contribution >= 0.6 is 0 Å². The van der Waals surface area contributed by atoms with Gasteiger partial charge in [-0.1, -0.05) is 12.1 Å². The Kier molecular flexibility index (Phi) is 8.82. The molecule has 0 unspecified atom stereocenters. The summed E-state index contributed by atoms with van der Waals surface area (Å²) in [5, 5.41) is 6.20. The zero-order valence-corrected chi connectivity index (χ0v) is 21.2. The van der Waals surface area contributed by atoms with Gasteiger partial charge in [-0.3, -0.25) is 19.4 Å². The summed E-state index contributed by atoms with van der Waals surface area (Å²) in [5.41, 5.74) is 8.24. The van der Waals surface area contributed by atoms with E-state index in [0.717, 1.165) is 23.6 Å². The van der Waals surface area contributed by atoms with E-state index in [9.17, 15) is 19.2 Å². The van der Waals surface area contributed by atoms with Crippen molar-refractivity contribution in [1.82, 2.24) is 25.6 Å². The Morgan fingerprint density at radius 3 is 2.51 bits per heavy atom. The second kappa shape index (κ2) is 11.8. The van der Waals surface area contributed by atoms with Crippen molar-refractivity contribution in [3.63, 3.8) is 0 Å². The number of nitrogens with zero attached hydrogens (tertiary/aromatic N) is 1. The molecule has 0 aliphatic heterocycles. The van der Waals surface area contributed by atoms with Crippen LogP contribution in [-0.4, -0.2) is 53.0 Å². The summed E-state index contributed by atoms with van der Waals surface area (Å²) >= 11 is 0. The van der Waals surface area contributed by atoms with Crippen LogP contribution in [0.4, 0.5) is 5.95 Å². The standard InChI is InChI=1S/C24H34N6O4Si/c1-35(2,34)14-4-13-26-19(31)5-3-12-27-22(32)17-9-6-16(7-10-17)8-11-18-15-28-21-20(18)23(33)30-24(25)29-21/h6-7,9-10,15,34H,3-5,8,11-14H2,1-2H3,(H,26,31)(H,27,32)(H4,25,28,29,30,33). The van der Waals surface area contributed by atoms with Crippen molar-refractivity contribution in [2.45, 2.75) is 51.2 Å². The number of carbonyl (C=O) groups excluding carboxylic acids is 2. The molecule has 3 aromatic rings. The summed E-state index contributed by atoms with van der Waals surface area (Å²) in [7, 11) is -2.06. The molecular formula is C24H34N6O4Si. The third kappa shape index (κ3) is 8.07. The summed E-state index contributed by atoms with van der Waals surface area (Å²) in [4.78, 5) is 55.8. The number of aromatic amines is 2. The van der Waals surface area contributed by atoms with Crippen LogP contribution in [0.3, 0.4) is 0 Å². The fourth-order valence-electron chi connectivity index (χ4n) is 3.81. The van der Waals surface area contributed by atoms with Crippen LogP contribution in [-0.2, 0) is 17.6 Å². The van der Waals surface area contributed by atoms with Crippen LogP contribution in [0.1, 0.15) is 40.7 Å². The van der Waals surface area contributed by atoms with E-state index in [1.807, 2.05) is 25.2 Å². The molecule has 2 amide bonds. The summed E-state index contributed by atoms with van der Waals surface area (Å²) in [5.74, 6) is -0.149. The van der Waals surface area contributed by atoms with E-state index in [-0.39, 0.29) is 23.3 Å². The molecule has 3 rings (SSSR count). The zero-order valence-electron chi connectivity index (χ0n) is 20.2. The summed E-state index contributed by atoms with van der Waals surface area (Å²) in [6.07, 6.45) is 4.79. The Bertz CT molecular complexity index is 1210. The molecule has 0 radical (unpaired) electrons. The van der Waals surface area contributed by atoms with Crippen LogP contribution in [0, 0.1) is 0 Å². The van der Waals surface area contributed by atoms with E-state index in [4.69, 9.17) is 5.73 Å². The first-order chi connectivity index (χ1) is 16.6. The molecule has 0 aliphatic rings. The number of amides is 2. The number of nitrogens with two attached hydrogens (primary N) is 1. The molecule has 0 aliphatic carbocycles. The minimum absolute atomic E-state index is 0.0440. The lowest BCUT2D eigenvalue weighted by molar-refractivity contribution is -0.121. The fourth-order valence-corrected chi connectivity index (χ4v) is 4.85. The number of nitrogen functional groups attached to an aromatic ring is 1. The number of fused-ring (bicyclic) bond motifs is 1. The average molecular weight is 499 g/mol. The SMILES string of the molecule is C[Si](C)(O)CCCNC(=O)CCCNC(=O)c1ccc(CCc2c[nH]c3nc(N)[nH]c(=O)c23)cc1. The first-order valence-corrected chi connectivity index (χ1v) is 15.0. The Morgan fingerprint density at radius 1 is 1.09 bits per heavy atom. The topological polar surface area (TPSA) is 166 Å². The number of benzene rings is 1. The molecule has 2 aromatic heterocycles. The van der Waals surface area contributed by atoms with Crippen molar-refractivity contribution in [1.29, 1.82) is 0 Å². The number of anilines is 1. The molecule has 7 N–H and O–H groups in total. The number of H-pyrrole nitrogens is 2. The molecule has 0 fully saturated rings. The third-order valence-electron chi connectivity index (χ3n) is 5.69. The molecule has 2 heterocycles. The maximum absolute atomic E-state index is 12.4. The van der Waals surface area contributed by atoms with Gasteiger partial charge < -0.3 is 26.1 Å². The number of hydrogen-bond acceptors (Lipinski definition) is 6. The number of hydrogen-bond donors (Lipinski definition) is 6. The summed E-state index contributed by atoms with van der Waals surface area (Å²) < 4.78 is 0. The Hall–Kier alpha value is -3.44. The second-order valence-corrected chi connectivity index (χ2v) is 13.4. The van der Waals surface area contributed by atoms with Crippen LogP contribution < -0.4 is 21.9 Å². The van der Waals surface area contributed by atoms with Gasteiger partial charge in [-0.05, 0) is 68.1 Å².